The van der Waals surface area contributed by atoms with Crippen LogP contribution in [-0.4, -0.2) is 31.9 Å². The molecule has 6 heteroatoms. The van der Waals surface area contributed by atoms with Gasteiger partial charge in [0.05, 0.1) is 5.25 Å². The predicted octanol–water partition coefficient (Wildman–Crippen LogP) is 2.40. The summed E-state index contributed by atoms with van der Waals surface area (Å²) in [6, 6.07) is 6.24. The van der Waals surface area contributed by atoms with Crippen LogP contribution in [0.5, 0.6) is 0 Å². The highest BCUT2D eigenvalue weighted by Gasteiger charge is 2.44. The summed E-state index contributed by atoms with van der Waals surface area (Å²) in [6.45, 7) is 0. The van der Waals surface area contributed by atoms with E-state index >= 15 is 0 Å². The second-order valence-corrected chi connectivity index (χ2v) is 9.15. The van der Waals surface area contributed by atoms with Gasteiger partial charge in [-0.15, -0.1) is 0 Å². The van der Waals surface area contributed by atoms with Crippen molar-refractivity contribution in [3.8, 4) is 0 Å². The van der Waals surface area contributed by atoms with Crippen molar-refractivity contribution in [2.75, 3.05) is 6.26 Å². The second kappa shape index (κ2) is 6.23. The Morgan fingerprint density at radius 3 is 2.52 bits per heavy atom. The lowest BCUT2D eigenvalue weighted by Crippen LogP contribution is -2.42. The number of carbonyl (C=O) groups excluding carboxylic acids is 1. The molecular weight excluding hydrogens is 317 g/mol. The smallest absolute Gasteiger partial charge is 0.223 e. The summed E-state index contributed by atoms with van der Waals surface area (Å²) >= 11 is 0. The number of carbonyl (C=O) groups is 1. The normalized spacial score (nSPS) is 30.7. The summed E-state index contributed by atoms with van der Waals surface area (Å²) in [5.41, 5.74) is 0.990. The quantitative estimate of drug-likeness (QED) is 0.916. The third-order valence-corrected chi connectivity index (χ3v) is 6.64. The third kappa shape index (κ3) is 3.91. The van der Waals surface area contributed by atoms with Crippen molar-refractivity contribution in [3.05, 3.63) is 35.6 Å². The van der Waals surface area contributed by atoms with Crippen LogP contribution in [-0.2, 0) is 14.6 Å². The first-order valence-electron chi connectivity index (χ1n) is 8.09. The molecule has 0 heterocycles. The van der Waals surface area contributed by atoms with Gasteiger partial charge in [0.15, 0.2) is 0 Å². The van der Waals surface area contributed by atoms with Crippen LogP contribution in [0.15, 0.2) is 24.3 Å². The molecule has 0 spiro atoms. The summed E-state index contributed by atoms with van der Waals surface area (Å²) in [7, 11) is -3.04. The fraction of sp³-hybridized carbons (Fsp3) is 0.588. The van der Waals surface area contributed by atoms with E-state index in [2.05, 4.69) is 5.32 Å². The largest absolute Gasteiger partial charge is 0.353 e. The van der Waals surface area contributed by atoms with Gasteiger partial charge in [-0.2, -0.15) is 0 Å². The zero-order valence-corrected chi connectivity index (χ0v) is 14.0. The molecule has 0 bridgehead atoms. The zero-order valence-electron chi connectivity index (χ0n) is 13.2. The molecule has 0 aromatic heterocycles. The van der Waals surface area contributed by atoms with Gasteiger partial charge in [-0.3, -0.25) is 4.79 Å². The predicted molar refractivity (Wildman–Crippen MR) is 86.3 cm³/mol. The Morgan fingerprint density at radius 1 is 1.17 bits per heavy atom. The molecule has 2 aliphatic rings. The van der Waals surface area contributed by atoms with Crippen LogP contribution in [0.2, 0.25) is 0 Å². The Balaban J connectivity index is 1.55. The second-order valence-electron chi connectivity index (χ2n) is 6.82. The molecule has 0 aliphatic heterocycles. The van der Waals surface area contributed by atoms with Gasteiger partial charge in [-0.1, -0.05) is 18.6 Å². The molecule has 2 saturated carbocycles. The van der Waals surface area contributed by atoms with Crippen LogP contribution < -0.4 is 5.32 Å². The monoisotopic (exact) mass is 339 g/mol. The molecule has 23 heavy (non-hydrogen) atoms. The van der Waals surface area contributed by atoms with Crippen molar-refractivity contribution < 1.29 is 17.6 Å². The minimum atomic E-state index is -3.04. The number of rotatable bonds is 4. The molecule has 0 saturated heterocycles. The molecule has 4 nitrogen and oxygen atoms in total. The Bertz CT molecular complexity index is 686. The van der Waals surface area contributed by atoms with Gasteiger partial charge in [-0.05, 0) is 49.3 Å². The molecule has 3 rings (SSSR count). The average molecular weight is 339 g/mol. The molecule has 126 valence electrons. The number of hydrogen-bond acceptors (Lipinski definition) is 3. The van der Waals surface area contributed by atoms with Gasteiger partial charge in [0, 0.05) is 18.2 Å². The van der Waals surface area contributed by atoms with Crippen LogP contribution in [0.25, 0.3) is 0 Å². The molecule has 2 fully saturated rings. The Labute approximate surface area is 136 Å². The Kier molecular flexibility index (Phi) is 4.45. The molecule has 2 aliphatic carbocycles. The van der Waals surface area contributed by atoms with Gasteiger partial charge in [-0.25, -0.2) is 12.8 Å². The van der Waals surface area contributed by atoms with Gasteiger partial charge in [0.2, 0.25) is 5.91 Å². The first kappa shape index (κ1) is 16.4. The van der Waals surface area contributed by atoms with Crippen LogP contribution in [0, 0.1) is 11.7 Å². The highest BCUT2D eigenvalue weighted by molar-refractivity contribution is 7.91. The maximum Gasteiger partial charge on any atom is 0.223 e. The SMILES string of the molecule is CS(=O)(=O)[C@@H]1CCC[C@H](NC(=O)[C@@H]2C[C@@H]2c2ccc(F)cc2)C1. The average Bonchev–Trinajstić information content (AvgIpc) is 3.28. The first-order valence-corrected chi connectivity index (χ1v) is 10.0. The van der Waals surface area contributed by atoms with E-state index in [1.165, 1.54) is 18.4 Å². The lowest BCUT2D eigenvalue weighted by Gasteiger charge is -2.28. The first-order chi connectivity index (χ1) is 10.8. The van der Waals surface area contributed by atoms with Crippen molar-refractivity contribution in [2.24, 2.45) is 5.92 Å². The van der Waals surface area contributed by atoms with Crippen molar-refractivity contribution in [1.82, 2.24) is 5.32 Å². The van der Waals surface area contributed by atoms with E-state index < -0.39 is 9.84 Å². The van der Waals surface area contributed by atoms with Crippen LogP contribution >= 0.6 is 0 Å². The standard InChI is InChI=1S/C17H22FNO3S/c1-23(21,22)14-4-2-3-13(9-14)19-17(20)16-10-15(16)11-5-7-12(18)8-6-11/h5-8,13-16H,2-4,9-10H2,1H3,(H,19,20)/t13-,14+,15+,16+/m0/s1. The molecule has 1 N–H and O–H groups in total. The number of benzene rings is 1. The Morgan fingerprint density at radius 2 is 1.87 bits per heavy atom. The summed E-state index contributed by atoms with van der Waals surface area (Å²) < 4.78 is 36.3. The molecule has 4 atom stereocenters. The summed E-state index contributed by atoms with van der Waals surface area (Å²) in [5, 5.41) is 2.68. The number of hydrogen-bond donors (Lipinski definition) is 1. The molecule has 1 aromatic carbocycles. The van der Waals surface area contributed by atoms with E-state index in [1.807, 2.05) is 0 Å². The van der Waals surface area contributed by atoms with Gasteiger partial charge < -0.3 is 5.32 Å². The van der Waals surface area contributed by atoms with Crippen molar-refractivity contribution in [1.29, 1.82) is 0 Å². The topological polar surface area (TPSA) is 63.2 Å². The summed E-state index contributed by atoms with van der Waals surface area (Å²) in [4.78, 5) is 12.3. The van der Waals surface area contributed by atoms with Crippen LogP contribution in [0.4, 0.5) is 4.39 Å². The fourth-order valence-electron chi connectivity index (χ4n) is 3.54. The molecule has 0 radical (unpaired) electrons. The number of sulfone groups is 1. The fourth-order valence-corrected chi connectivity index (χ4v) is 4.71. The van der Waals surface area contributed by atoms with Gasteiger partial charge in [0.25, 0.3) is 0 Å². The van der Waals surface area contributed by atoms with Gasteiger partial charge in [0.1, 0.15) is 15.7 Å². The maximum absolute atomic E-state index is 12.9. The Hall–Kier alpha value is -1.43. The molecular formula is C17H22FNO3S. The van der Waals surface area contributed by atoms with Crippen molar-refractivity contribution >= 4 is 15.7 Å². The highest BCUT2D eigenvalue weighted by Crippen LogP contribution is 2.47. The lowest BCUT2D eigenvalue weighted by atomic mass is 9.94. The van der Waals surface area contributed by atoms with Crippen LogP contribution in [0.1, 0.15) is 43.6 Å². The minimum Gasteiger partial charge on any atom is -0.353 e. The van der Waals surface area contributed by atoms with E-state index in [9.17, 15) is 17.6 Å². The van der Waals surface area contributed by atoms with Gasteiger partial charge >= 0.3 is 0 Å². The van der Waals surface area contributed by atoms with E-state index in [1.54, 1.807) is 12.1 Å². The molecule has 1 aromatic rings. The minimum absolute atomic E-state index is 0.00141. The van der Waals surface area contributed by atoms with Crippen molar-refractivity contribution in [3.63, 3.8) is 0 Å². The van der Waals surface area contributed by atoms with E-state index in [-0.39, 0.29) is 34.9 Å². The summed E-state index contributed by atoms with van der Waals surface area (Å²) in [6.07, 6.45) is 4.92. The summed E-state index contributed by atoms with van der Waals surface area (Å²) in [5.74, 6) is -0.188. The maximum atomic E-state index is 12.9. The lowest BCUT2D eigenvalue weighted by molar-refractivity contribution is -0.123. The van der Waals surface area contributed by atoms with E-state index in [0.717, 1.165) is 24.8 Å². The van der Waals surface area contributed by atoms with E-state index in [0.29, 0.717) is 12.8 Å². The number of halogens is 1. The highest BCUT2D eigenvalue weighted by atomic mass is 32.2. The number of amides is 1. The van der Waals surface area contributed by atoms with Crippen molar-refractivity contribution in [2.45, 2.75) is 49.3 Å². The third-order valence-electron chi connectivity index (χ3n) is 5.00. The van der Waals surface area contributed by atoms with E-state index in [4.69, 9.17) is 0 Å². The zero-order chi connectivity index (χ0) is 16.6. The number of nitrogens with one attached hydrogen (secondary N) is 1. The molecule has 1 amide bonds. The molecule has 0 unspecified atom stereocenters. The van der Waals surface area contributed by atoms with Crippen LogP contribution in [0.3, 0.4) is 0 Å².